The van der Waals surface area contributed by atoms with Crippen molar-refractivity contribution in [3.8, 4) is 23.0 Å². The predicted octanol–water partition coefficient (Wildman–Crippen LogP) is 6.64. The zero-order valence-corrected chi connectivity index (χ0v) is 20.9. The molecule has 0 heterocycles. The third-order valence-corrected chi connectivity index (χ3v) is 6.67. The molecular weight excluding hydrogens is 506 g/mol. The average Bonchev–Trinajstić information content (AvgIpc) is 2.98. The van der Waals surface area contributed by atoms with E-state index < -0.39 is 11.6 Å². The molecule has 0 saturated heterocycles. The first-order valence-corrected chi connectivity index (χ1v) is 12.4. The molecule has 0 bridgehead atoms. The van der Waals surface area contributed by atoms with Crippen LogP contribution in [0.15, 0.2) is 109 Å². The Kier molecular flexibility index (Phi) is 6.09. The van der Waals surface area contributed by atoms with Crippen LogP contribution < -0.4 is 10.1 Å². The fourth-order valence-corrected chi connectivity index (χ4v) is 4.72. The summed E-state index contributed by atoms with van der Waals surface area (Å²) in [6.45, 7) is 0. The van der Waals surface area contributed by atoms with E-state index in [2.05, 4.69) is 5.32 Å². The number of ketones is 3. The number of aromatic hydroxyl groups is 2. The van der Waals surface area contributed by atoms with Gasteiger partial charge < -0.3 is 20.3 Å². The molecule has 1 aliphatic carbocycles. The Morgan fingerprint density at radius 3 is 1.80 bits per heavy atom. The van der Waals surface area contributed by atoms with E-state index in [9.17, 15) is 24.6 Å². The second kappa shape index (κ2) is 9.89. The van der Waals surface area contributed by atoms with Gasteiger partial charge in [0.1, 0.15) is 23.0 Å². The lowest BCUT2D eigenvalue weighted by atomic mass is 9.82. The fraction of sp³-hybridized carbons (Fsp3) is 0. The highest BCUT2D eigenvalue weighted by Gasteiger charge is 2.36. The SMILES string of the molecule is O=C(c1ccc(Nc2cccc3c2C(=O)c2c(O)ccc(O)c2C3=O)cc1)c1ccc(Oc2ccccc2)cc1. The second-order valence-corrected chi connectivity index (χ2v) is 9.21. The van der Waals surface area contributed by atoms with E-state index in [1.807, 2.05) is 30.3 Å². The van der Waals surface area contributed by atoms with E-state index in [1.165, 1.54) is 18.2 Å². The van der Waals surface area contributed by atoms with Gasteiger partial charge in [-0.1, -0.05) is 30.3 Å². The van der Waals surface area contributed by atoms with Crippen LogP contribution in [0.4, 0.5) is 11.4 Å². The van der Waals surface area contributed by atoms with Gasteiger partial charge in [0, 0.05) is 22.4 Å². The average molecular weight is 528 g/mol. The molecule has 6 rings (SSSR count). The van der Waals surface area contributed by atoms with Crippen molar-refractivity contribution in [1.29, 1.82) is 0 Å². The molecule has 0 atom stereocenters. The van der Waals surface area contributed by atoms with Crippen LogP contribution in [0, 0.1) is 0 Å². The largest absolute Gasteiger partial charge is 0.507 e. The maximum absolute atomic E-state index is 13.3. The van der Waals surface area contributed by atoms with Crippen LogP contribution >= 0.6 is 0 Å². The number of rotatable bonds is 6. The van der Waals surface area contributed by atoms with Crippen LogP contribution in [0.5, 0.6) is 23.0 Å². The minimum Gasteiger partial charge on any atom is -0.507 e. The number of hydrogen-bond donors (Lipinski definition) is 3. The quantitative estimate of drug-likeness (QED) is 0.164. The number of nitrogens with one attached hydrogen (secondary N) is 1. The van der Waals surface area contributed by atoms with Gasteiger partial charge in [-0.25, -0.2) is 0 Å². The van der Waals surface area contributed by atoms with Gasteiger partial charge in [-0.3, -0.25) is 14.4 Å². The normalized spacial score (nSPS) is 11.9. The topological polar surface area (TPSA) is 113 Å². The summed E-state index contributed by atoms with van der Waals surface area (Å²) < 4.78 is 5.79. The standard InChI is InChI=1S/C33H21NO6/c35-26-17-18-27(36)30-29(26)32(38)24-7-4-8-25(28(24)33(30)39)34-21-13-9-19(10-14-21)31(37)20-11-15-23(16-12-20)40-22-5-2-1-3-6-22/h1-18,34-36H. The molecule has 0 saturated carbocycles. The van der Waals surface area contributed by atoms with Crippen molar-refractivity contribution in [2.75, 3.05) is 5.32 Å². The summed E-state index contributed by atoms with van der Waals surface area (Å²) in [7, 11) is 0. The smallest absolute Gasteiger partial charge is 0.200 e. The summed E-state index contributed by atoms with van der Waals surface area (Å²) in [4.78, 5) is 39.5. The number of carbonyl (C=O) groups excluding carboxylic acids is 3. The van der Waals surface area contributed by atoms with E-state index in [1.54, 1.807) is 60.7 Å². The molecule has 194 valence electrons. The summed E-state index contributed by atoms with van der Waals surface area (Å²) >= 11 is 0. The first kappa shape index (κ1) is 24.6. The summed E-state index contributed by atoms with van der Waals surface area (Å²) in [5.41, 5.74) is 1.70. The number of fused-ring (bicyclic) bond motifs is 2. The molecule has 7 nitrogen and oxygen atoms in total. The molecule has 40 heavy (non-hydrogen) atoms. The van der Waals surface area contributed by atoms with Crippen molar-refractivity contribution in [1.82, 2.24) is 0 Å². The van der Waals surface area contributed by atoms with Gasteiger partial charge in [0.15, 0.2) is 17.3 Å². The molecule has 0 unspecified atom stereocenters. The lowest BCUT2D eigenvalue weighted by Crippen LogP contribution is -2.22. The monoisotopic (exact) mass is 527 g/mol. The number of carbonyl (C=O) groups is 3. The van der Waals surface area contributed by atoms with Gasteiger partial charge in [0.25, 0.3) is 0 Å². The van der Waals surface area contributed by atoms with Gasteiger partial charge >= 0.3 is 0 Å². The molecule has 5 aromatic carbocycles. The molecule has 0 fully saturated rings. The van der Waals surface area contributed by atoms with Crippen LogP contribution in [0.1, 0.15) is 47.8 Å². The Balaban J connectivity index is 1.22. The lowest BCUT2D eigenvalue weighted by molar-refractivity contribution is 0.0974. The second-order valence-electron chi connectivity index (χ2n) is 9.21. The molecule has 0 amide bonds. The molecule has 1 aliphatic rings. The zero-order valence-electron chi connectivity index (χ0n) is 20.9. The van der Waals surface area contributed by atoms with E-state index in [0.717, 1.165) is 0 Å². The molecule has 7 heteroatoms. The van der Waals surface area contributed by atoms with Crippen molar-refractivity contribution in [3.63, 3.8) is 0 Å². The number of hydrogen-bond acceptors (Lipinski definition) is 7. The third kappa shape index (κ3) is 4.35. The van der Waals surface area contributed by atoms with Crippen molar-refractivity contribution >= 4 is 28.7 Å². The Morgan fingerprint density at radius 2 is 1.15 bits per heavy atom. The summed E-state index contributed by atoms with van der Waals surface area (Å²) in [5.74, 6) is -0.719. The van der Waals surface area contributed by atoms with Crippen LogP contribution in [0.3, 0.4) is 0 Å². The fourth-order valence-electron chi connectivity index (χ4n) is 4.72. The maximum Gasteiger partial charge on any atom is 0.200 e. The van der Waals surface area contributed by atoms with Crippen molar-refractivity contribution < 1.29 is 29.3 Å². The highest BCUT2D eigenvalue weighted by atomic mass is 16.5. The maximum atomic E-state index is 13.3. The van der Waals surface area contributed by atoms with E-state index >= 15 is 0 Å². The predicted molar refractivity (Wildman–Crippen MR) is 149 cm³/mol. The van der Waals surface area contributed by atoms with Gasteiger partial charge in [0.05, 0.1) is 22.4 Å². The molecule has 0 spiro atoms. The number of para-hydroxylation sites is 1. The van der Waals surface area contributed by atoms with E-state index in [4.69, 9.17) is 4.74 Å². The van der Waals surface area contributed by atoms with Crippen LogP contribution in [-0.4, -0.2) is 27.6 Å². The summed E-state index contributed by atoms with van der Waals surface area (Å²) in [6.07, 6.45) is 0. The Hall–Kier alpha value is -5.69. The molecular formula is C33H21NO6. The lowest BCUT2D eigenvalue weighted by Gasteiger charge is -2.22. The number of benzene rings is 5. The number of phenolic OH excluding ortho intramolecular Hbond substituents is 2. The Morgan fingerprint density at radius 1 is 0.575 bits per heavy atom. The minimum absolute atomic E-state index is 0.0962. The van der Waals surface area contributed by atoms with Crippen molar-refractivity contribution in [3.05, 3.63) is 143 Å². The first-order valence-electron chi connectivity index (χ1n) is 12.4. The molecule has 0 radical (unpaired) electrons. The van der Waals surface area contributed by atoms with Crippen molar-refractivity contribution in [2.45, 2.75) is 0 Å². The highest BCUT2D eigenvalue weighted by Crippen LogP contribution is 2.40. The Labute approximate surface area is 228 Å². The van der Waals surface area contributed by atoms with Crippen LogP contribution in [-0.2, 0) is 0 Å². The van der Waals surface area contributed by atoms with Crippen LogP contribution in [0.2, 0.25) is 0 Å². The number of phenols is 2. The van der Waals surface area contributed by atoms with Gasteiger partial charge in [-0.15, -0.1) is 0 Å². The zero-order chi connectivity index (χ0) is 27.8. The molecule has 0 aliphatic heterocycles. The third-order valence-electron chi connectivity index (χ3n) is 6.67. The summed E-state index contributed by atoms with van der Waals surface area (Å²) in [6, 6.07) is 30.1. The van der Waals surface area contributed by atoms with Gasteiger partial charge in [-0.2, -0.15) is 0 Å². The van der Waals surface area contributed by atoms with Gasteiger partial charge in [0.2, 0.25) is 0 Å². The molecule has 5 aromatic rings. The molecule has 3 N–H and O–H groups in total. The number of anilines is 2. The van der Waals surface area contributed by atoms with E-state index in [-0.39, 0.29) is 39.5 Å². The van der Waals surface area contributed by atoms with Gasteiger partial charge in [-0.05, 0) is 78.9 Å². The first-order chi connectivity index (χ1) is 19.4. The highest BCUT2D eigenvalue weighted by molar-refractivity contribution is 6.32. The van der Waals surface area contributed by atoms with Crippen LogP contribution in [0.25, 0.3) is 0 Å². The Bertz CT molecular complexity index is 1790. The minimum atomic E-state index is -0.576. The number of ether oxygens (including phenoxy) is 1. The molecule has 0 aromatic heterocycles. The van der Waals surface area contributed by atoms with Crippen molar-refractivity contribution in [2.24, 2.45) is 0 Å². The summed E-state index contributed by atoms with van der Waals surface area (Å²) in [5, 5.41) is 23.6. The van der Waals surface area contributed by atoms with E-state index in [0.29, 0.717) is 34.0 Å².